The molecule has 0 fully saturated rings. The average molecular weight is 237 g/mol. The standard InChI is InChI=1S/C5H6N6O2S.Na/c6-10-2-7-11-4(10)8-9-5(11)14-1-3(12)13;/h2H,1,6H2,(H,12,13);/q;+1. The van der Waals surface area contributed by atoms with E-state index in [-0.39, 0.29) is 35.3 Å². The first-order chi connectivity index (χ1) is 6.68. The molecule has 0 unspecified atom stereocenters. The van der Waals surface area contributed by atoms with E-state index in [4.69, 9.17) is 10.9 Å². The molecule has 0 aliphatic rings. The smallest absolute Gasteiger partial charge is 0.481 e. The molecule has 0 radical (unpaired) electrons. The van der Waals surface area contributed by atoms with Gasteiger partial charge in [-0.25, -0.2) is 4.68 Å². The van der Waals surface area contributed by atoms with Crippen molar-refractivity contribution in [2.45, 2.75) is 5.16 Å². The topological polar surface area (TPSA) is 111 Å². The number of rotatable bonds is 3. The van der Waals surface area contributed by atoms with Gasteiger partial charge in [0.25, 0.3) is 5.78 Å². The van der Waals surface area contributed by atoms with Crippen LogP contribution in [-0.4, -0.2) is 41.3 Å². The third kappa shape index (κ3) is 2.43. The maximum absolute atomic E-state index is 10.3. The van der Waals surface area contributed by atoms with Crippen molar-refractivity contribution in [3.05, 3.63) is 6.33 Å². The fraction of sp³-hybridized carbons (Fsp3) is 0.200. The molecule has 15 heavy (non-hydrogen) atoms. The number of aromatic nitrogens is 5. The summed E-state index contributed by atoms with van der Waals surface area (Å²) in [4.78, 5) is 10.3. The summed E-state index contributed by atoms with van der Waals surface area (Å²) < 4.78 is 2.59. The Kier molecular flexibility index (Phi) is 3.97. The Bertz CT molecular complexity index is 481. The predicted molar refractivity (Wildman–Crippen MR) is 47.3 cm³/mol. The van der Waals surface area contributed by atoms with E-state index >= 15 is 0 Å². The van der Waals surface area contributed by atoms with Crippen LogP contribution in [0.25, 0.3) is 5.78 Å². The van der Waals surface area contributed by atoms with Crippen molar-refractivity contribution in [1.82, 2.24) is 24.5 Å². The van der Waals surface area contributed by atoms with E-state index in [1.165, 1.54) is 15.5 Å². The van der Waals surface area contributed by atoms with Gasteiger partial charge in [0, 0.05) is 0 Å². The summed E-state index contributed by atoms with van der Waals surface area (Å²) in [7, 11) is 0. The van der Waals surface area contributed by atoms with E-state index in [9.17, 15) is 4.79 Å². The summed E-state index contributed by atoms with van der Waals surface area (Å²) in [5.41, 5.74) is 0. The van der Waals surface area contributed by atoms with Crippen molar-refractivity contribution >= 4 is 23.5 Å². The van der Waals surface area contributed by atoms with Gasteiger partial charge < -0.3 is 10.9 Å². The number of nitrogen functional groups attached to an aromatic ring is 1. The maximum atomic E-state index is 10.3. The summed E-state index contributed by atoms with van der Waals surface area (Å²) in [5, 5.41) is 20.2. The average Bonchev–Trinajstić information content (AvgIpc) is 2.66. The molecule has 0 atom stereocenters. The summed E-state index contributed by atoms with van der Waals surface area (Å²) in [6, 6.07) is 0. The van der Waals surface area contributed by atoms with E-state index in [1.807, 2.05) is 0 Å². The number of carbonyl (C=O) groups is 1. The number of thioether (sulfide) groups is 1. The Morgan fingerprint density at radius 1 is 1.60 bits per heavy atom. The van der Waals surface area contributed by atoms with Crippen LogP contribution < -0.4 is 35.4 Å². The van der Waals surface area contributed by atoms with Crippen LogP contribution in [0.5, 0.6) is 0 Å². The van der Waals surface area contributed by atoms with Gasteiger partial charge in [-0.05, 0) is 0 Å². The first-order valence-corrected chi connectivity index (χ1v) is 4.55. The quantitative estimate of drug-likeness (QED) is 0.316. The fourth-order valence-corrected chi connectivity index (χ4v) is 1.50. The third-order valence-electron chi connectivity index (χ3n) is 1.44. The zero-order valence-corrected chi connectivity index (χ0v) is 10.7. The SMILES string of the molecule is Nn1cnn2c(SCC(=O)O)nnc12.[Na+]. The zero-order chi connectivity index (χ0) is 10.1. The molecule has 0 aliphatic carbocycles. The van der Waals surface area contributed by atoms with Gasteiger partial charge >= 0.3 is 35.5 Å². The van der Waals surface area contributed by atoms with Crippen LogP contribution in [0.3, 0.4) is 0 Å². The molecule has 0 amide bonds. The minimum Gasteiger partial charge on any atom is -0.481 e. The van der Waals surface area contributed by atoms with Crippen LogP contribution in [0.1, 0.15) is 0 Å². The second-order valence-electron chi connectivity index (χ2n) is 2.42. The molecule has 2 aromatic rings. The van der Waals surface area contributed by atoms with Crippen LogP contribution in [-0.2, 0) is 4.79 Å². The van der Waals surface area contributed by atoms with Crippen molar-refractivity contribution in [1.29, 1.82) is 0 Å². The molecular weight excluding hydrogens is 231 g/mol. The van der Waals surface area contributed by atoms with Crippen molar-refractivity contribution < 1.29 is 39.5 Å². The molecule has 0 saturated heterocycles. The zero-order valence-electron chi connectivity index (χ0n) is 7.86. The molecule has 0 spiro atoms. The Hall–Kier alpha value is -0.770. The largest absolute Gasteiger partial charge is 1.00 e. The summed E-state index contributed by atoms with van der Waals surface area (Å²) in [6.07, 6.45) is 1.37. The third-order valence-corrected chi connectivity index (χ3v) is 2.35. The van der Waals surface area contributed by atoms with Crippen molar-refractivity contribution in [3.63, 3.8) is 0 Å². The normalized spacial score (nSPS) is 10.1. The second kappa shape index (κ2) is 4.84. The molecule has 8 nitrogen and oxygen atoms in total. The van der Waals surface area contributed by atoms with Crippen LogP contribution in [0, 0.1) is 0 Å². The number of fused-ring (bicyclic) bond motifs is 1. The van der Waals surface area contributed by atoms with Gasteiger partial charge in [0.15, 0.2) is 0 Å². The minimum atomic E-state index is -0.918. The van der Waals surface area contributed by atoms with Gasteiger partial charge in [-0.2, -0.15) is 9.61 Å². The first-order valence-electron chi connectivity index (χ1n) is 3.57. The molecule has 0 aliphatic heterocycles. The van der Waals surface area contributed by atoms with E-state index in [1.54, 1.807) is 0 Å². The number of aliphatic carboxylic acids is 1. The van der Waals surface area contributed by atoms with Crippen molar-refractivity contribution in [3.8, 4) is 0 Å². The van der Waals surface area contributed by atoms with Gasteiger partial charge in [-0.3, -0.25) is 4.79 Å². The van der Waals surface area contributed by atoms with Crippen LogP contribution in [0.2, 0.25) is 0 Å². The number of nitrogens with zero attached hydrogens (tertiary/aromatic N) is 5. The molecular formula is C5H6N6NaO2S+. The molecule has 3 N–H and O–H groups in total. The number of carboxylic acids is 1. The number of hydrogen-bond acceptors (Lipinski definition) is 6. The van der Waals surface area contributed by atoms with Crippen LogP contribution in [0.4, 0.5) is 0 Å². The Morgan fingerprint density at radius 2 is 2.33 bits per heavy atom. The van der Waals surface area contributed by atoms with Gasteiger partial charge in [0.05, 0.1) is 5.75 Å². The van der Waals surface area contributed by atoms with E-state index in [0.717, 1.165) is 11.8 Å². The summed E-state index contributed by atoms with van der Waals surface area (Å²) in [6.45, 7) is 0. The molecule has 0 aromatic carbocycles. The Labute approximate surface area is 110 Å². The minimum absolute atomic E-state index is 0. The van der Waals surface area contributed by atoms with Gasteiger partial charge in [-0.15, -0.1) is 10.2 Å². The Morgan fingerprint density at radius 3 is 3.00 bits per heavy atom. The van der Waals surface area contributed by atoms with Crippen molar-refractivity contribution in [2.24, 2.45) is 0 Å². The molecule has 10 heteroatoms. The van der Waals surface area contributed by atoms with Crippen molar-refractivity contribution in [2.75, 3.05) is 11.6 Å². The fourth-order valence-electron chi connectivity index (χ4n) is 0.895. The molecule has 2 aromatic heterocycles. The van der Waals surface area contributed by atoms with Gasteiger partial charge in [0.1, 0.15) is 6.33 Å². The van der Waals surface area contributed by atoms with E-state index in [2.05, 4.69) is 15.3 Å². The number of hydrogen-bond donors (Lipinski definition) is 2. The predicted octanol–water partition coefficient (Wildman–Crippen LogP) is -4.18. The number of nitrogens with two attached hydrogens (primary N) is 1. The van der Waals surface area contributed by atoms with E-state index in [0.29, 0.717) is 10.9 Å². The summed E-state index contributed by atoms with van der Waals surface area (Å²) >= 11 is 1.04. The van der Waals surface area contributed by atoms with Crippen LogP contribution in [0.15, 0.2) is 11.5 Å². The van der Waals surface area contributed by atoms with E-state index < -0.39 is 5.97 Å². The van der Waals surface area contributed by atoms with Gasteiger partial charge in [0.2, 0.25) is 5.16 Å². The Balaban J connectivity index is 0.00000112. The molecule has 0 saturated carbocycles. The summed E-state index contributed by atoms with van der Waals surface area (Å²) in [5.74, 6) is 4.82. The monoisotopic (exact) mass is 237 g/mol. The molecule has 2 rings (SSSR count). The molecule has 0 bridgehead atoms. The maximum Gasteiger partial charge on any atom is 1.00 e. The molecule has 74 valence electrons. The number of carboxylic acid groups (broad SMARTS) is 1. The van der Waals surface area contributed by atoms with Gasteiger partial charge in [-0.1, -0.05) is 11.8 Å². The van der Waals surface area contributed by atoms with Crippen LogP contribution >= 0.6 is 11.8 Å². The molecule has 2 heterocycles. The second-order valence-corrected chi connectivity index (χ2v) is 3.36. The first kappa shape index (κ1) is 12.3.